The lowest BCUT2D eigenvalue weighted by atomic mass is 9.96. The van der Waals surface area contributed by atoms with Crippen LogP contribution in [0.4, 0.5) is 0 Å². The second kappa shape index (κ2) is 5.48. The number of carbonyl (C=O) groups is 1. The molecule has 1 fully saturated rings. The molecule has 2 N–H and O–H groups in total. The van der Waals surface area contributed by atoms with Gasteiger partial charge in [-0.25, -0.2) is 0 Å². The zero-order valence-corrected chi connectivity index (χ0v) is 11.4. The van der Waals surface area contributed by atoms with Crippen molar-refractivity contribution >= 4 is 5.97 Å². The Morgan fingerprint density at radius 2 is 2.11 bits per heavy atom. The van der Waals surface area contributed by atoms with Gasteiger partial charge in [0.15, 0.2) is 11.5 Å². The van der Waals surface area contributed by atoms with Gasteiger partial charge in [0.05, 0.1) is 20.1 Å². The molecule has 1 saturated heterocycles. The lowest BCUT2D eigenvalue weighted by Gasteiger charge is -2.18. The van der Waals surface area contributed by atoms with Gasteiger partial charge in [0.25, 0.3) is 0 Å². The number of benzene rings is 1. The van der Waals surface area contributed by atoms with Gasteiger partial charge in [-0.05, 0) is 30.5 Å². The zero-order valence-electron chi connectivity index (χ0n) is 11.4. The summed E-state index contributed by atoms with van der Waals surface area (Å²) in [6.07, 6.45) is 0.603. The minimum atomic E-state index is -0.742. The van der Waals surface area contributed by atoms with Gasteiger partial charge in [-0.15, -0.1) is 0 Å². The lowest BCUT2D eigenvalue weighted by Crippen LogP contribution is -2.17. The van der Waals surface area contributed by atoms with Crippen LogP contribution in [0.5, 0.6) is 11.5 Å². The predicted octanol–water partition coefficient (Wildman–Crippen LogP) is 1.75. The van der Waals surface area contributed by atoms with E-state index in [2.05, 4.69) is 5.32 Å². The van der Waals surface area contributed by atoms with Crippen molar-refractivity contribution in [2.24, 2.45) is 5.92 Å². The Balaban J connectivity index is 2.29. The van der Waals surface area contributed by atoms with Crippen molar-refractivity contribution in [2.75, 3.05) is 20.8 Å². The Bertz CT molecular complexity index is 487. The maximum atomic E-state index is 11.0. The summed E-state index contributed by atoms with van der Waals surface area (Å²) in [5.41, 5.74) is 2.06. The summed E-state index contributed by atoms with van der Waals surface area (Å²) >= 11 is 0. The maximum Gasteiger partial charge on any atom is 0.307 e. The third kappa shape index (κ3) is 2.51. The van der Waals surface area contributed by atoms with Crippen LogP contribution in [0.3, 0.4) is 0 Å². The van der Waals surface area contributed by atoms with Gasteiger partial charge in [0, 0.05) is 12.6 Å². The van der Waals surface area contributed by atoms with Gasteiger partial charge in [-0.3, -0.25) is 4.79 Å². The summed E-state index contributed by atoms with van der Waals surface area (Å²) in [6.45, 7) is 2.47. The van der Waals surface area contributed by atoms with Crippen molar-refractivity contribution in [3.8, 4) is 11.5 Å². The monoisotopic (exact) mass is 265 g/mol. The number of carboxylic acids is 1. The van der Waals surface area contributed by atoms with Crippen molar-refractivity contribution in [1.29, 1.82) is 0 Å². The fourth-order valence-corrected chi connectivity index (χ4v) is 2.63. The molecule has 0 saturated carbocycles. The highest BCUT2D eigenvalue weighted by Gasteiger charge is 2.31. The molecule has 1 aliphatic rings. The number of hydrogen-bond acceptors (Lipinski definition) is 4. The first-order valence-corrected chi connectivity index (χ1v) is 6.26. The summed E-state index contributed by atoms with van der Waals surface area (Å²) in [5.74, 6) is 0.336. The van der Waals surface area contributed by atoms with Crippen LogP contribution in [0.15, 0.2) is 12.1 Å². The summed E-state index contributed by atoms with van der Waals surface area (Å²) < 4.78 is 10.6. The number of ether oxygens (including phenoxy) is 2. The normalized spacial score (nSPS) is 22.3. The second-order valence-corrected chi connectivity index (χ2v) is 4.75. The minimum absolute atomic E-state index is 0.0564. The Morgan fingerprint density at radius 3 is 2.63 bits per heavy atom. The van der Waals surface area contributed by atoms with Crippen LogP contribution in [0.1, 0.15) is 23.6 Å². The molecular formula is C14H19NO4. The van der Waals surface area contributed by atoms with Gasteiger partial charge in [0.2, 0.25) is 0 Å². The molecule has 2 unspecified atom stereocenters. The van der Waals surface area contributed by atoms with Gasteiger partial charge >= 0.3 is 5.97 Å². The minimum Gasteiger partial charge on any atom is -0.493 e. The van der Waals surface area contributed by atoms with E-state index in [9.17, 15) is 4.79 Å². The number of nitrogens with one attached hydrogen (secondary N) is 1. The van der Waals surface area contributed by atoms with Gasteiger partial charge < -0.3 is 19.9 Å². The van der Waals surface area contributed by atoms with Crippen LogP contribution in [0.2, 0.25) is 0 Å². The van der Waals surface area contributed by atoms with E-state index in [1.54, 1.807) is 14.2 Å². The Hall–Kier alpha value is -1.75. The zero-order chi connectivity index (χ0) is 14.0. The molecular weight excluding hydrogens is 246 g/mol. The molecule has 0 aliphatic carbocycles. The summed E-state index contributed by atoms with van der Waals surface area (Å²) in [5, 5.41) is 12.3. The summed E-state index contributed by atoms with van der Waals surface area (Å²) in [4.78, 5) is 11.0. The number of rotatable bonds is 4. The van der Waals surface area contributed by atoms with Gasteiger partial charge in [-0.2, -0.15) is 0 Å². The highest BCUT2D eigenvalue weighted by Crippen LogP contribution is 2.38. The van der Waals surface area contributed by atoms with Crippen LogP contribution in [-0.2, 0) is 4.79 Å². The van der Waals surface area contributed by atoms with E-state index < -0.39 is 5.97 Å². The highest BCUT2D eigenvalue weighted by molar-refractivity contribution is 5.71. The van der Waals surface area contributed by atoms with Crippen LogP contribution in [0, 0.1) is 12.8 Å². The van der Waals surface area contributed by atoms with Crippen LogP contribution in [0.25, 0.3) is 0 Å². The second-order valence-electron chi connectivity index (χ2n) is 4.75. The van der Waals surface area contributed by atoms with Crippen LogP contribution < -0.4 is 14.8 Å². The molecule has 1 heterocycles. The Kier molecular flexibility index (Phi) is 3.95. The van der Waals surface area contributed by atoms with Crippen molar-refractivity contribution in [1.82, 2.24) is 5.32 Å². The largest absolute Gasteiger partial charge is 0.493 e. The number of carboxylic acid groups (broad SMARTS) is 1. The standard InChI is InChI=1S/C14H19NO4/c1-8-10(4-5-12(18-2)13(8)19-3)11-6-9(7-15-11)14(16)17/h4-5,9,11,15H,6-7H2,1-3H3,(H,16,17). The SMILES string of the molecule is COc1ccc(C2CC(C(=O)O)CN2)c(C)c1OC. The lowest BCUT2D eigenvalue weighted by molar-refractivity contribution is -0.141. The molecule has 19 heavy (non-hydrogen) atoms. The molecule has 0 aromatic heterocycles. The first kappa shape index (κ1) is 13.7. The topological polar surface area (TPSA) is 67.8 Å². The molecule has 0 radical (unpaired) electrons. The fourth-order valence-electron chi connectivity index (χ4n) is 2.63. The summed E-state index contributed by atoms with van der Waals surface area (Å²) in [7, 11) is 3.21. The molecule has 2 atom stereocenters. The van der Waals surface area contributed by atoms with E-state index in [-0.39, 0.29) is 12.0 Å². The van der Waals surface area contributed by atoms with Gasteiger partial charge in [-0.1, -0.05) is 6.07 Å². The molecule has 0 bridgehead atoms. The quantitative estimate of drug-likeness (QED) is 0.868. The van der Waals surface area contributed by atoms with E-state index >= 15 is 0 Å². The Labute approximate surface area is 112 Å². The number of hydrogen-bond donors (Lipinski definition) is 2. The highest BCUT2D eigenvalue weighted by atomic mass is 16.5. The molecule has 104 valence electrons. The number of methoxy groups -OCH3 is 2. The maximum absolute atomic E-state index is 11.0. The van der Waals surface area contributed by atoms with E-state index in [0.717, 1.165) is 11.1 Å². The first-order chi connectivity index (χ1) is 9.08. The van der Waals surface area contributed by atoms with E-state index in [1.165, 1.54) is 0 Å². The van der Waals surface area contributed by atoms with Crippen molar-refractivity contribution in [3.63, 3.8) is 0 Å². The third-order valence-corrected chi connectivity index (χ3v) is 3.69. The third-order valence-electron chi connectivity index (χ3n) is 3.69. The van der Waals surface area contributed by atoms with Gasteiger partial charge in [0.1, 0.15) is 0 Å². The smallest absolute Gasteiger partial charge is 0.307 e. The van der Waals surface area contributed by atoms with Crippen LogP contribution >= 0.6 is 0 Å². The number of aliphatic carboxylic acids is 1. The van der Waals surface area contributed by atoms with E-state index in [1.807, 2.05) is 19.1 Å². The molecule has 0 spiro atoms. The molecule has 1 aliphatic heterocycles. The first-order valence-electron chi connectivity index (χ1n) is 6.26. The van der Waals surface area contributed by atoms with Crippen molar-refractivity contribution in [2.45, 2.75) is 19.4 Å². The summed E-state index contributed by atoms with van der Waals surface area (Å²) in [6, 6.07) is 3.89. The van der Waals surface area contributed by atoms with E-state index in [4.69, 9.17) is 14.6 Å². The molecule has 5 nitrogen and oxygen atoms in total. The Morgan fingerprint density at radius 1 is 1.37 bits per heavy atom. The fraction of sp³-hybridized carbons (Fsp3) is 0.500. The molecule has 1 aromatic carbocycles. The predicted molar refractivity (Wildman–Crippen MR) is 70.8 cm³/mol. The average molecular weight is 265 g/mol. The molecule has 5 heteroatoms. The molecule has 2 rings (SSSR count). The molecule has 0 amide bonds. The molecule has 1 aromatic rings. The van der Waals surface area contributed by atoms with Crippen molar-refractivity contribution in [3.05, 3.63) is 23.3 Å². The van der Waals surface area contributed by atoms with Crippen LogP contribution in [-0.4, -0.2) is 31.8 Å². The van der Waals surface area contributed by atoms with E-state index in [0.29, 0.717) is 24.5 Å². The van der Waals surface area contributed by atoms with Crippen molar-refractivity contribution < 1.29 is 19.4 Å². The average Bonchev–Trinajstić information content (AvgIpc) is 2.87.